The van der Waals surface area contributed by atoms with E-state index in [1.54, 1.807) is 0 Å². The molecule has 0 aliphatic heterocycles. The normalized spacial score (nSPS) is 11.0. The van der Waals surface area contributed by atoms with Crippen molar-refractivity contribution in [3.05, 3.63) is 12.2 Å². The molecule has 0 rings (SSSR count). The Morgan fingerprint density at radius 1 is 0.864 bits per heavy atom. The van der Waals surface area contributed by atoms with Crippen molar-refractivity contribution in [2.75, 3.05) is 66.5 Å². The predicted molar refractivity (Wildman–Crippen MR) is 92.7 cm³/mol. The van der Waals surface area contributed by atoms with E-state index in [1.807, 2.05) is 0 Å². The largest absolute Gasteiger partial charge is 1.00 e. The van der Waals surface area contributed by atoms with E-state index in [-0.39, 0.29) is 27.7 Å². The number of hydrogen-bond donors (Lipinski definition) is 2. The van der Waals surface area contributed by atoms with Crippen LogP contribution in [-0.4, -0.2) is 76.3 Å². The molecular formula is C16H38Cl2N4. The fourth-order valence-electron chi connectivity index (χ4n) is 1.90. The van der Waals surface area contributed by atoms with Crippen molar-refractivity contribution in [3.8, 4) is 0 Å². The average Bonchev–Trinajstić information content (AvgIpc) is 2.45. The van der Waals surface area contributed by atoms with Gasteiger partial charge in [-0.2, -0.15) is 0 Å². The van der Waals surface area contributed by atoms with Gasteiger partial charge in [0.2, 0.25) is 0 Å². The van der Waals surface area contributed by atoms with Gasteiger partial charge in [0, 0.05) is 13.1 Å². The van der Waals surface area contributed by atoms with Crippen molar-refractivity contribution in [2.45, 2.75) is 26.7 Å². The lowest BCUT2D eigenvalue weighted by atomic mass is 10.3. The van der Waals surface area contributed by atoms with Gasteiger partial charge in [-0.05, 0) is 66.2 Å². The summed E-state index contributed by atoms with van der Waals surface area (Å²) in [6.45, 7) is 13.2. The quantitative estimate of drug-likeness (QED) is 0.243. The highest BCUT2D eigenvalue weighted by molar-refractivity contribution is 4.86. The van der Waals surface area contributed by atoms with Gasteiger partial charge in [-0.3, -0.25) is 0 Å². The summed E-state index contributed by atoms with van der Waals surface area (Å²) in [6.07, 6.45) is 6.95. The highest BCUT2D eigenvalue weighted by Gasteiger charge is 1.97. The second-order valence-corrected chi connectivity index (χ2v) is 5.39. The Hall–Kier alpha value is 0.160. The minimum atomic E-state index is 0. The summed E-state index contributed by atoms with van der Waals surface area (Å²) >= 11 is 0. The predicted octanol–water partition coefficient (Wildman–Crippen LogP) is -4.36. The topological polar surface area (TPSA) is 30.5 Å². The summed E-state index contributed by atoms with van der Waals surface area (Å²) in [5.74, 6) is 0. The zero-order valence-corrected chi connectivity index (χ0v) is 16.4. The number of halogens is 2. The lowest BCUT2D eigenvalue weighted by molar-refractivity contribution is -0.001000. The standard InChI is InChI=1S/C16H36N4.2ClH/c1-5-17-12-9-13-18-11-7-8-14-20(4)16-10-15-19(3)6-2;;/h7-8,17-18H,5-6,9-16H2,1-4H3;2*1H/b8-7+;;. The Balaban J connectivity index is -0.000000301. The molecule has 0 unspecified atom stereocenters. The molecule has 0 saturated heterocycles. The first-order chi connectivity index (χ1) is 9.70. The van der Waals surface area contributed by atoms with Gasteiger partial charge in [0.1, 0.15) is 0 Å². The average molecular weight is 357 g/mol. The fourth-order valence-corrected chi connectivity index (χ4v) is 1.90. The molecule has 0 aromatic rings. The number of nitrogens with zero attached hydrogens (tertiary/aromatic N) is 2. The van der Waals surface area contributed by atoms with Crippen LogP contribution >= 0.6 is 0 Å². The van der Waals surface area contributed by atoms with Crippen molar-refractivity contribution in [2.24, 2.45) is 0 Å². The highest BCUT2D eigenvalue weighted by atomic mass is 35.5. The molecule has 0 atom stereocenters. The molecule has 136 valence electrons. The van der Waals surface area contributed by atoms with E-state index >= 15 is 0 Å². The van der Waals surface area contributed by atoms with Crippen LogP contribution in [0.4, 0.5) is 0 Å². The molecule has 0 aromatic carbocycles. The van der Waals surface area contributed by atoms with Crippen LogP contribution in [0.3, 0.4) is 0 Å². The van der Waals surface area contributed by atoms with Gasteiger partial charge in [-0.15, -0.1) is 0 Å². The first kappa shape index (κ1) is 27.0. The summed E-state index contributed by atoms with van der Waals surface area (Å²) in [6, 6.07) is 0. The van der Waals surface area contributed by atoms with Crippen LogP contribution in [0.2, 0.25) is 0 Å². The Morgan fingerprint density at radius 2 is 1.50 bits per heavy atom. The molecule has 0 spiro atoms. The maximum Gasteiger partial charge on any atom is 1.00 e. The van der Waals surface area contributed by atoms with E-state index in [4.69, 9.17) is 0 Å². The van der Waals surface area contributed by atoms with Crippen molar-refractivity contribution < 1.29 is 27.7 Å². The van der Waals surface area contributed by atoms with E-state index < -0.39 is 0 Å². The Kier molecular flexibility index (Phi) is 26.0. The van der Waals surface area contributed by atoms with Gasteiger partial charge in [0.25, 0.3) is 0 Å². The summed E-state index contributed by atoms with van der Waals surface area (Å²) in [5.41, 5.74) is 0. The Labute approximate surface area is 153 Å². The molecule has 0 radical (unpaired) electrons. The third-order valence-electron chi connectivity index (χ3n) is 3.42. The van der Waals surface area contributed by atoms with Crippen LogP contribution in [0.5, 0.6) is 0 Å². The van der Waals surface area contributed by atoms with Crippen LogP contribution in [0.1, 0.15) is 29.5 Å². The van der Waals surface area contributed by atoms with E-state index in [0.717, 1.165) is 39.3 Å². The molecular weight excluding hydrogens is 319 g/mol. The zero-order chi connectivity index (χ0) is 15.1. The van der Waals surface area contributed by atoms with Gasteiger partial charge in [-0.1, -0.05) is 26.0 Å². The molecule has 0 amide bonds. The number of rotatable bonds is 14. The Morgan fingerprint density at radius 3 is 2.14 bits per heavy atom. The van der Waals surface area contributed by atoms with E-state index in [0.29, 0.717) is 0 Å². The van der Waals surface area contributed by atoms with Gasteiger partial charge in [0.05, 0.1) is 0 Å². The number of likely N-dealkylation sites (N-methyl/N-ethyl adjacent to an activating group) is 1. The highest BCUT2D eigenvalue weighted by Crippen LogP contribution is 1.91. The summed E-state index contributed by atoms with van der Waals surface area (Å²) in [5, 5.41) is 6.76. The first-order valence-electron chi connectivity index (χ1n) is 8.14. The lowest BCUT2D eigenvalue weighted by Crippen LogP contribution is -3.00. The molecule has 22 heavy (non-hydrogen) atoms. The summed E-state index contributed by atoms with van der Waals surface area (Å²) < 4.78 is 0. The van der Waals surface area contributed by atoms with Crippen LogP contribution in [0, 0.1) is 0 Å². The maximum atomic E-state index is 3.43. The smallest absolute Gasteiger partial charge is 1.00 e. The molecule has 0 saturated carbocycles. The maximum absolute atomic E-state index is 3.43. The molecule has 2 N–H and O–H groups in total. The second kappa shape index (κ2) is 21.2. The molecule has 0 heterocycles. The number of nitrogens with one attached hydrogen (secondary N) is 2. The van der Waals surface area contributed by atoms with E-state index in [2.05, 4.69) is 60.5 Å². The third-order valence-corrected chi connectivity index (χ3v) is 3.42. The molecule has 0 aliphatic carbocycles. The van der Waals surface area contributed by atoms with Crippen molar-refractivity contribution in [3.63, 3.8) is 0 Å². The van der Waals surface area contributed by atoms with Gasteiger partial charge < -0.3 is 45.2 Å². The second-order valence-electron chi connectivity index (χ2n) is 5.39. The van der Waals surface area contributed by atoms with E-state index in [1.165, 1.54) is 25.9 Å². The summed E-state index contributed by atoms with van der Waals surface area (Å²) in [7, 11) is 4.38. The fraction of sp³-hybridized carbons (Fsp3) is 0.875. The SMILES string of the molecule is CCNCCCNC/C=C/CN(C)CCCN(C)CC.[Cl-].[Cl-].[H+].[H+]. The molecule has 0 aromatic heterocycles. The minimum absolute atomic E-state index is 0. The zero-order valence-electron chi connectivity index (χ0n) is 16.9. The van der Waals surface area contributed by atoms with Gasteiger partial charge in [-0.25, -0.2) is 0 Å². The van der Waals surface area contributed by atoms with Crippen LogP contribution in [0.15, 0.2) is 12.2 Å². The molecule has 0 bridgehead atoms. The summed E-state index contributed by atoms with van der Waals surface area (Å²) in [4.78, 5) is 4.74. The monoisotopic (exact) mass is 356 g/mol. The van der Waals surface area contributed by atoms with E-state index in [9.17, 15) is 0 Å². The van der Waals surface area contributed by atoms with Crippen molar-refractivity contribution in [1.29, 1.82) is 0 Å². The third kappa shape index (κ3) is 20.2. The molecule has 0 fully saturated rings. The minimum Gasteiger partial charge on any atom is -1.00 e. The van der Waals surface area contributed by atoms with Crippen LogP contribution in [-0.2, 0) is 0 Å². The molecule has 4 nitrogen and oxygen atoms in total. The van der Waals surface area contributed by atoms with Crippen LogP contribution < -0.4 is 35.4 Å². The molecule has 0 aliphatic rings. The Bertz CT molecular complexity index is 238. The van der Waals surface area contributed by atoms with Crippen molar-refractivity contribution >= 4 is 0 Å². The van der Waals surface area contributed by atoms with Crippen LogP contribution in [0.25, 0.3) is 0 Å². The first-order valence-corrected chi connectivity index (χ1v) is 8.14. The molecule has 6 heteroatoms. The van der Waals surface area contributed by atoms with Gasteiger partial charge in [0.15, 0.2) is 0 Å². The number of hydrogen-bond acceptors (Lipinski definition) is 4. The lowest BCUT2D eigenvalue weighted by Gasteiger charge is -2.17. The van der Waals surface area contributed by atoms with Gasteiger partial charge >= 0.3 is 2.85 Å². The van der Waals surface area contributed by atoms with Crippen molar-refractivity contribution in [1.82, 2.24) is 20.4 Å².